The standard InChI is InChI=1S/C19H19N3O5/c1-2-26-17-8-4-15(5-9-17)21(13-3-12-20)19(23)14-27-18-10-6-16(7-11-18)22(24)25/h4-11H,2-3,13-14H2,1H3. The largest absolute Gasteiger partial charge is 0.494 e. The molecule has 27 heavy (non-hydrogen) atoms. The Morgan fingerprint density at radius 1 is 1.11 bits per heavy atom. The lowest BCUT2D eigenvalue weighted by Crippen LogP contribution is -2.35. The Kier molecular flexibility index (Phi) is 7.14. The molecule has 0 fully saturated rings. The Morgan fingerprint density at radius 2 is 1.70 bits per heavy atom. The molecule has 2 aromatic rings. The van der Waals surface area contributed by atoms with Gasteiger partial charge in [0.2, 0.25) is 0 Å². The van der Waals surface area contributed by atoms with Crippen molar-refractivity contribution in [2.45, 2.75) is 13.3 Å². The molecular formula is C19H19N3O5. The molecule has 0 unspecified atom stereocenters. The fraction of sp³-hybridized carbons (Fsp3) is 0.263. The second-order valence-corrected chi connectivity index (χ2v) is 5.42. The Balaban J connectivity index is 2.05. The summed E-state index contributed by atoms with van der Waals surface area (Å²) in [5, 5.41) is 19.5. The predicted octanol–water partition coefficient (Wildman–Crippen LogP) is 3.32. The predicted molar refractivity (Wildman–Crippen MR) is 98.8 cm³/mol. The summed E-state index contributed by atoms with van der Waals surface area (Å²) in [7, 11) is 0. The van der Waals surface area contributed by atoms with E-state index in [-0.39, 0.29) is 31.2 Å². The number of carbonyl (C=O) groups is 1. The number of anilines is 1. The third-order valence-electron chi connectivity index (χ3n) is 3.62. The Bertz CT molecular complexity index is 813. The molecule has 0 N–H and O–H groups in total. The highest BCUT2D eigenvalue weighted by Gasteiger charge is 2.17. The van der Waals surface area contributed by atoms with Crippen LogP contribution in [0.2, 0.25) is 0 Å². The first-order valence-electron chi connectivity index (χ1n) is 8.32. The highest BCUT2D eigenvalue weighted by molar-refractivity contribution is 5.94. The van der Waals surface area contributed by atoms with Crippen molar-refractivity contribution in [3.05, 3.63) is 58.6 Å². The van der Waals surface area contributed by atoms with E-state index in [1.165, 1.54) is 29.2 Å². The first kappa shape index (κ1) is 19.7. The first-order valence-corrected chi connectivity index (χ1v) is 8.32. The lowest BCUT2D eigenvalue weighted by atomic mass is 10.2. The normalized spacial score (nSPS) is 9.93. The molecule has 0 atom stereocenters. The Morgan fingerprint density at radius 3 is 2.26 bits per heavy atom. The molecule has 1 amide bonds. The summed E-state index contributed by atoms with van der Waals surface area (Å²) in [5.74, 6) is 0.713. The monoisotopic (exact) mass is 369 g/mol. The zero-order valence-corrected chi connectivity index (χ0v) is 14.8. The zero-order chi connectivity index (χ0) is 19.6. The average molecular weight is 369 g/mol. The van der Waals surface area contributed by atoms with Crippen LogP contribution in [0.4, 0.5) is 11.4 Å². The number of nitriles is 1. The third kappa shape index (κ3) is 5.71. The molecule has 0 bridgehead atoms. The number of hydrogen-bond acceptors (Lipinski definition) is 6. The van der Waals surface area contributed by atoms with Gasteiger partial charge in [-0.2, -0.15) is 5.26 Å². The highest BCUT2D eigenvalue weighted by atomic mass is 16.6. The molecule has 0 aliphatic heterocycles. The summed E-state index contributed by atoms with van der Waals surface area (Å²) in [6.07, 6.45) is 0.177. The number of hydrogen-bond donors (Lipinski definition) is 0. The van der Waals surface area contributed by atoms with Crippen LogP contribution in [0.15, 0.2) is 48.5 Å². The van der Waals surface area contributed by atoms with E-state index in [4.69, 9.17) is 14.7 Å². The minimum atomic E-state index is -0.509. The summed E-state index contributed by atoms with van der Waals surface area (Å²) in [5.41, 5.74) is 0.574. The number of rotatable bonds is 9. The van der Waals surface area contributed by atoms with Crippen LogP contribution in [0.25, 0.3) is 0 Å². The SMILES string of the molecule is CCOc1ccc(N(CCC#N)C(=O)COc2ccc([N+](=O)[O-])cc2)cc1. The fourth-order valence-corrected chi connectivity index (χ4v) is 2.34. The van der Waals surface area contributed by atoms with Gasteiger partial charge in [0.1, 0.15) is 11.5 Å². The van der Waals surface area contributed by atoms with Crippen molar-refractivity contribution in [3.8, 4) is 17.6 Å². The van der Waals surface area contributed by atoms with Gasteiger partial charge in [-0.05, 0) is 43.3 Å². The van der Waals surface area contributed by atoms with E-state index < -0.39 is 4.92 Å². The number of nitrogens with zero attached hydrogens (tertiary/aromatic N) is 3. The summed E-state index contributed by atoms with van der Waals surface area (Å²) < 4.78 is 10.8. The summed E-state index contributed by atoms with van der Waals surface area (Å²) in [6.45, 7) is 2.40. The number of nitro benzene ring substituents is 1. The van der Waals surface area contributed by atoms with E-state index >= 15 is 0 Å². The molecule has 2 aromatic carbocycles. The quantitative estimate of drug-likeness (QED) is 0.496. The van der Waals surface area contributed by atoms with Crippen LogP contribution in [0, 0.1) is 21.4 Å². The van der Waals surface area contributed by atoms with Crippen molar-refractivity contribution in [1.29, 1.82) is 5.26 Å². The van der Waals surface area contributed by atoms with Gasteiger partial charge in [-0.1, -0.05) is 0 Å². The van der Waals surface area contributed by atoms with Crippen LogP contribution >= 0.6 is 0 Å². The van der Waals surface area contributed by atoms with Gasteiger partial charge in [-0.3, -0.25) is 14.9 Å². The number of nitro groups is 1. The molecule has 8 heteroatoms. The van der Waals surface area contributed by atoms with Gasteiger partial charge in [-0.15, -0.1) is 0 Å². The minimum Gasteiger partial charge on any atom is -0.494 e. The topological polar surface area (TPSA) is 106 Å². The van der Waals surface area contributed by atoms with Crippen molar-refractivity contribution >= 4 is 17.3 Å². The first-order chi connectivity index (χ1) is 13.0. The van der Waals surface area contributed by atoms with E-state index in [0.717, 1.165) is 0 Å². The van der Waals surface area contributed by atoms with Gasteiger partial charge < -0.3 is 14.4 Å². The molecule has 0 aromatic heterocycles. The van der Waals surface area contributed by atoms with Crippen LogP contribution < -0.4 is 14.4 Å². The van der Waals surface area contributed by atoms with Crippen molar-refractivity contribution in [2.75, 3.05) is 24.7 Å². The van der Waals surface area contributed by atoms with Crippen LogP contribution in [0.3, 0.4) is 0 Å². The molecule has 0 saturated heterocycles. The number of amides is 1. The maximum absolute atomic E-state index is 12.6. The van der Waals surface area contributed by atoms with Gasteiger partial charge in [-0.25, -0.2) is 0 Å². The second-order valence-electron chi connectivity index (χ2n) is 5.42. The number of ether oxygens (including phenoxy) is 2. The zero-order valence-electron chi connectivity index (χ0n) is 14.8. The van der Waals surface area contributed by atoms with Gasteiger partial charge >= 0.3 is 0 Å². The molecular weight excluding hydrogens is 350 g/mol. The smallest absolute Gasteiger partial charge is 0.269 e. The van der Waals surface area contributed by atoms with Gasteiger partial charge in [0, 0.05) is 24.4 Å². The summed E-state index contributed by atoms with van der Waals surface area (Å²) in [6, 6.07) is 14.5. The molecule has 2 rings (SSSR count). The summed E-state index contributed by atoms with van der Waals surface area (Å²) >= 11 is 0. The fourth-order valence-electron chi connectivity index (χ4n) is 2.34. The van der Waals surface area contributed by atoms with Crippen molar-refractivity contribution in [2.24, 2.45) is 0 Å². The van der Waals surface area contributed by atoms with Crippen LogP contribution in [-0.4, -0.2) is 30.6 Å². The van der Waals surface area contributed by atoms with Gasteiger partial charge in [0.25, 0.3) is 11.6 Å². The number of non-ortho nitro benzene ring substituents is 1. The van der Waals surface area contributed by atoms with Crippen molar-refractivity contribution in [1.82, 2.24) is 0 Å². The van der Waals surface area contributed by atoms with Crippen molar-refractivity contribution < 1.29 is 19.2 Å². The van der Waals surface area contributed by atoms with Crippen molar-refractivity contribution in [3.63, 3.8) is 0 Å². The van der Waals surface area contributed by atoms with E-state index in [1.54, 1.807) is 24.3 Å². The Hall–Kier alpha value is -3.60. The van der Waals surface area contributed by atoms with E-state index in [9.17, 15) is 14.9 Å². The maximum atomic E-state index is 12.6. The average Bonchev–Trinajstić information content (AvgIpc) is 2.68. The van der Waals surface area contributed by atoms with Crippen LogP contribution in [0.1, 0.15) is 13.3 Å². The molecule has 0 saturated carbocycles. The number of carbonyl (C=O) groups excluding carboxylic acids is 1. The molecule has 0 spiro atoms. The molecule has 0 radical (unpaired) electrons. The maximum Gasteiger partial charge on any atom is 0.269 e. The van der Waals surface area contributed by atoms with E-state index in [0.29, 0.717) is 23.8 Å². The van der Waals surface area contributed by atoms with Crippen LogP contribution in [-0.2, 0) is 4.79 Å². The van der Waals surface area contributed by atoms with E-state index in [1.807, 2.05) is 13.0 Å². The number of benzene rings is 2. The second kappa shape index (κ2) is 9.77. The minimum absolute atomic E-state index is 0.0567. The Labute approximate surface area is 156 Å². The van der Waals surface area contributed by atoms with Crippen LogP contribution in [0.5, 0.6) is 11.5 Å². The van der Waals surface area contributed by atoms with Gasteiger partial charge in [0.05, 0.1) is 24.0 Å². The molecule has 0 heterocycles. The van der Waals surface area contributed by atoms with Gasteiger partial charge in [0.15, 0.2) is 6.61 Å². The molecule has 0 aliphatic carbocycles. The lowest BCUT2D eigenvalue weighted by molar-refractivity contribution is -0.384. The molecule has 0 aliphatic rings. The molecule has 8 nitrogen and oxygen atoms in total. The lowest BCUT2D eigenvalue weighted by Gasteiger charge is -2.22. The highest BCUT2D eigenvalue weighted by Crippen LogP contribution is 2.21. The molecule has 140 valence electrons. The third-order valence-corrected chi connectivity index (χ3v) is 3.62. The van der Waals surface area contributed by atoms with E-state index in [2.05, 4.69) is 0 Å². The summed E-state index contributed by atoms with van der Waals surface area (Å²) in [4.78, 5) is 24.2.